The first-order chi connectivity index (χ1) is 19.5. The molecule has 1 aliphatic rings. The molecule has 1 aliphatic heterocycles. The molecule has 0 amide bonds. The molecule has 0 fully saturated rings. The fraction of sp³-hybridized carbons (Fsp3) is 0.208. The SMILES string of the molecule is NC(=CC(=NCc1ccccc1F)c1ccon1)c1ncc(F)c(N2Cc3nnc(C(F)(F)F)n3CC2C(=O)O)n1. The standard InChI is InChI=1S/C24H18F5N9O3/c25-13-4-2-1-3-12(13)8-31-17(16-5-6-41-36-16)7-15(30)20-32-9-14(26)21(33-20)37-11-19-34-35-23(24(27,28)29)38(19)10-18(37)22(39)40/h1-7,9,18H,8,10-11,30H2,(H,39,40). The Morgan fingerprint density at radius 3 is 2.66 bits per heavy atom. The van der Waals surface area contributed by atoms with Crippen LogP contribution in [0.4, 0.5) is 27.8 Å². The molecule has 212 valence electrons. The smallest absolute Gasteiger partial charge is 0.451 e. The highest BCUT2D eigenvalue weighted by atomic mass is 19.4. The van der Waals surface area contributed by atoms with Crippen LogP contribution < -0.4 is 10.6 Å². The van der Waals surface area contributed by atoms with Gasteiger partial charge in [0.1, 0.15) is 23.8 Å². The molecule has 0 saturated heterocycles. The largest absolute Gasteiger partial charge is 0.480 e. The van der Waals surface area contributed by atoms with Gasteiger partial charge < -0.3 is 24.8 Å². The van der Waals surface area contributed by atoms with Gasteiger partial charge >= 0.3 is 12.1 Å². The normalized spacial score (nSPS) is 16.1. The summed E-state index contributed by atoms with van der Waals surface area (Å²) >= 11 is 0. The summed E-state index contributed by atoms with van der Waals surface area (Å²) in [6.45, 7) is -1.37. The van der Waals surface area contributed by atoms with Gasteiger partial charge in [0.2, 0.25) is 5.82 Å². The highest BCUT2D eigenvalue weighted by Crippen LogP contribution is 2.32. The van der Waals surface area contributed by atoms with E-state index >= 15 is 0 Å². The minimum Gasteiger partial charge on any atom is -0.480 e. The van der Waals surface area contributed by atoms with Crippen LogP contribution in [0.2, 0.25) is 0 Å². The van der Waals surface area contributed by atoms with E-state index in [4.69, 9.17) is 10.3 Å². The summed E-state index contributed by atoms with van der Waals surface area (Å²) in [7, 11) is 0. The van der Waals surface area contributed by atoms with Crippen LogP contribution in [0.5, 0.6) is 0 Å². The number of carbonyl (C=O) groups is 1. The van der Waals surface area contributed by atoms with Crippen LogP contribution in [0, 0.1) is 11.6 Å². The number of alkyl halides is 3. The Labute approximate surface area is 226 Å². The number of nitrogens with two attached hydrogens (primary N) is 1. The molecule has 0 saturated carbocycles. The van der Waals surface area contributed by atoms with Crippen molar-refractivity contribution in [2.75, 3.05) is 4.90 Å². The lowest BCUT2D eigenvalue weighted by molar-refractivity contribution is -0.149. The molecule has 4 heterocycles. The molecule has 0 bridgehead atoms. The number of aliphatic carboxylic acids is 1. The average molecular weight is 575 g/mol. The molecule has 3 aromatic heterocycles. The van der Waals surface area contributed by atoms with Crippen molar-refractivity contribution in [3.63, 3.8) is 0 Å². The number of anilines is 1. The molecule has 17 heteroatoms. The van der Waals surface area contributed by atoms with Crippen molar-refractivity contribution >= 4 is 23.2 Å². The Bertz CT molecular complexity index is 1650. The van der Waals surface area contributed by atoms with E-state index < -0.39 is 54.6 Å². The van der Waals surface area contributed by atoms with Crippen molar-refractivity contribution < 1.29 is 36.4 Å². The second kappa shape index (κ2) is 10.7. The van der Waals surface area contributed by atoms with Crippen molar-refractivity contribution in [2.24, 2.45) is 10.7 Å². The zero-order valence-corrected chi connectivity index (χ0v) is 20.6. The molecular formula is C24H18F5N9O3. The molecule has 0 radical (unpaired) electrons. The van der Waals surface area contributed by atoms with E-state index in [1.807, 2.05) is 0 Å². The van der Waals surface area contributed by atoms with E-state index in [0.29, 0.717) is 4.57 Å². The molecule has 12 nitrogen and oxygen atoms in total. The second-order valence-electron chi connectivity index (χ2n) is 8.67. The maximum absolute atomic E-state index is 14.9. The number of rotatable bonds is 7. The van der Waals surface area contributed by atoms with Gasteiger partial charge in [0.05, 0.1) is 37.2 Å². The van der Waals surface area contributed by atoms with Gasteiger partial charge in [-0.25, -0.2) is 23.5 Å². The van der Waals surface area contributed by atoms with Gasteiger partial charge in [-0.2, -0.15) is 13.2 Å². The summed E-state index contributed by atoms with van der Waals surface area (Å²) in [5.41, 5.74) is 6.68. The Kier molecular flexibility index (Phi) is 7.17. The lowest BCUT2D eigenvalue weighted by Gasteiger charge is -2.34. The molecule has 1 aromatic carbocycles. The van der Waals surface area contributed by atoms with Crippen LogP contribution >= 0.6 is 0 Å². The van der Waals surface area contributed by atoms with E-state index in [-0.39, 0.29) is 40.9 Å². The second-order valence-corrected chi connectivity index (χ2v) is 8.67. The maximum Gasteiger partial charge on any atom is 0.451 e. The minimum atomic E-state index is -4.88. The van der Waals surface area contributed by atoms with Crippen molar-refractivity contribution in [3.05, 3.63) is 89.2 Å². The van der Waals surface area contributed by atoms with Crippen LogP contribution in [-0.2, 0) is 30.6 Å². The van der Waals surface area contributed by atoms with Crippen LogP contribution in [0.15, 0.2) is 58.4 Å². The van der Waals surface area contributed by atoms with E-state index in [1.165, 1.54) is 36.6 Å². The number of fused-ring (bicyclic) bond motifs is 1. The van der Waals surface area contributed by atoms with Crippen molar-refractivity contribution in [1.82, 2.24) is 29.9 Å². The quantitative estimate of drug-likeness (QED) is 0.248. The molecule has 0 spiro atoms. The van der Waals surface area contributed by atoms with Crippen LogP contribution in [0.1, 0.15) is 28.7 Å². The molecule has 5 rings (SSSR count). The summed E-state index contributed by atoms with van der Waals surface area (Å²) in [6.07, 6.45) is -1.58. The van der Waals surface area contributed by atoms with Gasteiger partial charge in [-0.15, -0.1) is 10.2 Å². The number of allylic oxidation sites excluding steroid dienone is 1. The third-order valence-corrected chi connectivity index (χ3v) is 6.04. The highest BCUT2D eigenvalue weighted by Gasteiger charge is 2.43. The first-order valence-corrected chi connectivity index (χ1v) is 11.7. The predicted octanol–water partition coefficient (Wildman–Crippen LogP) is 2.82. The molecule has 0 aliphatic carbocycles. The Morgan fingerprint density at radius 1 is 1.20 bits per heavy atom. The van der Waals surface area contributed by atoms with E-state index in [9.17, 15) is 31.9 Å². The number of hydrogen-bond donors (Lipinski definition) is 2. The van der Waals surface area contributed by atoms with E-state index in [0.717, 1.165) is 11.1 Å². The molecule has 41 heavy (non-hydrogen) atoms. The number of carboxylic acids is 1. The lowest BCUT2D eigenvalue weighted by atomic mass is 10.1. The fourth-order valence-electron chi connectivity index (χ4n) is 4.07. The summed E-state index contributed by atoms with van der Waals surface area (Å²) in [5, 5.41) is 20.2. The van der Waals surface area contributed by atoms with Crippen LogP contribution in [-0.4, -0.2) is 52.7 Å². The van der Waals surface area contributed by atoms with Crippen molar-refractivity contribution in [3.8, 4) is 0 Å². The summed E-state index contributed by atoms with van der Waals surface area (Å²) in [4.78, 5) is 25.2. The van der Waals surface area contributed by atoms with Gasteiger partial charge in [0, 0.05) is 11.6 Å². The first-order valence-electron chi connectivity index (χ1n) is 11.7. The number of hydrogen-bond acceptors (Lipinski definition) is 10. The van der Waals surface area contributed by atoms with E-state index in [2.05, 4.69) is 30.3 Å². The summed E-state index contributed by atoms with van der Waals surface area (Å²) in [6, 6.07) is 5.79. The zero-order valence-electron chi connectivity index (χ0n) is 20.6. The van der Waals surface area contributed by atoms with Gasteiger partial charge in [-0.05, 0) is 12.1 Å². The number of halogens is 5. The fourth-order valence-corrected chi connectivity index (χ4v) is 4.07. The Morgan fingerprint density at radius 2 is 1.98 bits per heavy atom. The first kappa shape index (κ1) is 27.4. The molecule has 1 unspecified atom stereocenters. The van der Waals surface area contributed by atoms with Gasteiger partial charge in [0.15, 0.2) is 23.3 Å². The monoisotopic (exact) mass is 575 g/mol. The number of aromatic nitrogens is 6. The maximum atomic E-state index is 14.9. The number of carboxylic acid groups (broad SMARTS) is 1. The van der Waals surface area contributed by atoms with Crippen molar-refractivity contribution in [1.29, 1.82) is 0 Å². The number of aliphatic imine (C=N–C) groups is 1. The van der Waals surface area contributed by atoms with Gasteiger partial charge in [-0.1, -0.05) is 23.4 Å². The Balaban J connectivity index is 1.50. The third kappa shape index (κ3) is 5.59. The van der Waals surface area contributed by atoms with E-state index in [1.54, 1.807) is 6.07 Å². The third-order valence-electron chi connectivity index (χ3n) is 6.04. The number of benzene rings is 1. The topological polar surface area (TPSA) is 161 Å². The van der Waals surface area contributed by atoms with Crippen LogP contribution in [0.25, 0.3) is 5.70 Å². The van der Waals surface area contributed by atoms with Crippen molar-refractivity contribution in [2.45, 2.75) is 31.9 Å². The van der Waals surface area contributed by atoms with Crippen LogP contribution in [0.3, 0.4) is 0 Å². The molecular weight excluding hydrogens is 557 g/mol. The Hall–Kier alpha value is -5.22. The highest BCUT2D eigenvalue weighted by molar-refractivity contribution is 6.10. The zero-order chi connectivity index (χ0) is 29.3. The summed E-state index contributed by atoms with van der Waals surface area (Å²) < 4.78 is 74.5. The minimum absolute atomic E-state index is 0.0944. The van der Waals surface area contributed by atoms with Gasteiger partial charge in [0.25, 0.3) is 0 Å². The summed E-state index contributed by atoms with van der Waals surface area (Å²) in [5.74, 6) is -5.47. The molecule has 4 aromatic rings. The van der Waals surface area contributed by atoms with Gasteiger partial charge in [-0.3, -0.25) is 4.99 Å². The molecule has 3 N–H and O–H groups in total. The molecule has 1 atom stereocenters. The average Bonchev–Trinajstić information content (AvgIpc) is 3.61. The predicted molar refractivity (Wildman–Crippen MR) is 130 cm³/mol. The number of nitrogens with zero attached hydrogens (tertiary/aromatic N) is 8. The lowest BCUT2D eigenvalue weighted by Crippen LogP contribution is -2.49.